The number of pyridine rings is 1. The zero-order valence-corrected chi connectivity index (χ0v) is 10.00. The van der Waals surface area contributed by atoms with E-state index in [1.165, 1.54) is 0 Å². The molecule has 0 saturated heterocycles. The van der Waals surface area contributed by atoms with Crippen LogP contribution in [0.1, 0.15) is 23.2 Å². The van der Waals surface area contributed by atoms with Gasteiger partial charge in [0.2, 0.25) is 5.78 Å². The van der Waals surface area contributed by atoms with E-state index in [9.17, 15) is 4.79 Å². The van der Waals surface area contributed by atoms with Crippen molar-refractivity contribution < 1.29 is 9.53 Å². The molecule has 1 aliphatic heterocycles. The predicted molar refractivity (Wildman–Crippen MR) is 67.2 cm³/mol. The number of Topliss-reactive ketones (excluding diaryl/α,β-unsaturated/α-hetero) is 1. The van der Waals surface area contributed by atoms with Crippen LogP contribution >= 0.6 is 11.3 Å². The van der Waals surface area contributed by atoms with Crippen LogP contribution in [-0.2, 0) is 4.74 Å². The first kappa shape index (κ1) is 10.5. The fraction of sp³-hybridized carbons (Fsp3) is 0.231. The highest BCUT2D eigenvalue weighted by Gasteiger charge is 2.16. The van der Waals surface area contributed by atoms with Crippen molar-refractivity contribution in [2.75, 3.05) is 6.61 Å². The molecular formula is C13H11NO2S. The number of thiophene rings is 1. The Hall–Kier alpha value is -1.68. The maximum Gasteiger partial charge on any atom is 0.228 e. The summed E-state index contributed by atoms with van der Waals surface area (Å²) in [6, 6.07) is 3.83. The molecule has 2 aromatic rings. The molecule has 0 unspecified atom stereocenters. The van der Waals surface area contributed by atoms with E-state index in [0.29, 0.717) is 17.9 Å². The van der Waals surface area contributed by atoms with E-state index in [4.69, 9.17) is 4.74 Å². The van der Waals surface area contributed by atoms with Crippen molar-refractivity contribution in [3.63, 3.8) is 0 Å². The monoisotopic (exact) mass is 245 g/mol. The van der Waals surface area contributed by atoms with E-state index in [0.717, 1.165) is 23.1 Å². The van der Waals surface area contributed by atoms with Gasteiger partial charge in [-0.1, -0.05) is 0 Å². The second-order valence-electron chi connectivity index (χ2n) is 3.92. The summed E-state index contributed by atoms with van der Waals surface area (Å²) in [4.78, 5) is 16.4. The van der Waals surface area contributed by atoms with Crippen LogP contribution in [0.4, 0.5) is 0 Å². The Morgan fingerprint density at radius 3 is 3.24 bits per heavy atom. The van der Waals surface area contributed by atoms with Gasteiger partial charge in [-0.25, -0.2) is 0 Å². The number of nitrogens with zero attached hydrogens (tertiary/aromatic N) is 1. The lowest BCUT2D eigenvalue weighted by molar-refractivity contribution is 0.0899. The Morgan fingerprint density at radius 2 is 2.41 bits per heavy atom. The van der Waals surface area contributed by atoms with Crippen LogP contribution in [0.2, 0.25) is 0 Å². The van der Waals surface area contributed by atoms with Crippen LogP contribution in [0.15, 0.2) is 35.5 Å². The summed E-state index contributed by atoms with van der Waals surface area (Å²) in [5, 5.41) is 1.97. The average molecular weight is 245 g/mol. The lowest BCUT2D eigenvalue weighted by Crippen LogP contribution is -2.11. The van der Waals surface area contributed by atoms with Gasteiger partial charge in [-0.2, -0.15) is 0 Å². The first-order valence-corrected chi connectivity index (χ1v) is 6.43. The van der Waals surface area contributed by atoms with Gasteiger partial charge in [0.05, 0.1) is 16.8 Å². The molecule has 2 aromatic heterocycles. The lowest BCUT2D eigenvalue weighted by atomic mass is 10.1. The van der Waals surface area contributed by atoms with Crippen LogP contribution < -0.4 is 0 Å². The minimum Gasteiger partial charge on any atom is -0.490 e. The number of carbonyl (C=O) groups excluding carboxylic acids is 1. The number of allylic oxidation sites excluding steroid dienone is 2. The van der Waals surface area contributed by atoms with E-state index in [1.807, 2.05) is 23.6 Å². The molecule has 3 heterocycles. The normalized spacial score (nSPS) is 15.4. The quantitative estimate of drug-likeness (QED) is 0.763. The van der Waals surface area contributed by atoms with Gasteiger partial charge in [-0.15, -0.1) is 11.3 Å². The highest BCUT2D eigenvalue weighted by Crippen LogP contribution is 2.22. The fourth-order valence-electron chi connectivity index (χ4n) is 1.83. The van der Waals surface area contributed by atoms with E-state index in [-0.39, 0.29) is 5.78 Å². The van der Waals surface area contributed by atoms with Crippen molar-refractivity contribution in [1.82, 2.24) is 4.98 Å². The first-order chi connectivity index (χ1) is 8.34. The van der Waals surface area contributed by atoms with Gasteiger partial charge in [0.1, 0.15) is 0 Å². The molecule has 3 rings (SSSR count). The molecule has 0 amide bonds. The smallest absolute Gasteiger partial charge is 0.228 e. The van der Waals surface area contributed by atoms with Gasteiger partial charge in [0.15, 0.2) is 5.76 Å². The van der Waals surface area contributed by atoms with Crippen molar-refractivity contribution in [1.29, 1.82) is 0 Å². The van der Waals surface area contributed by atoms with Crippen LogP contribution in [0.3, 0.4) is 0 Å². The van der Waals surface area contributed by atoms with Crippen LogP contribution in [0, 0.1) is 0 Å². The van der Waals surface area contributed by atoms with Crippen molar-refractivity contribution in [2.45, 2.75) is 12.8 Å². The largest absolute Gasteiger partial charge is 0.490 e. The summed E-state index contributed by atoms with van der Waals surface area (Å²) in [6.07, 6.45) is 5.38. The zero-order chi connectivity index (χ0) is 11.7. The Bertz CT molecular complexity index is 600. The van der Waals surface area contributed by atoms with E-state index < -0.39 is 0 Å². The minimum atomic E-state index is -0.0625. The molecule has 3 nitrogen and oxygen atoms in total. The number of aromatic nitrogens is 1. The first-order valence-electron chi connectivity index (χ1n) is 5.55. The lowest BCUT2D eigenvalue weighted by Gasteiger charge is -2.13. The van der Waals surface area contributed by atoms with Crippen molar-refractivity contribution in [2.24, 2.45) is 0 Å². The van der Waals surface area contributed by atoms with Crippen molar-refractivity contribution in [3.05, 3.63) is 41.1 Å². The number of ketones is 1. The predicted octanol–water partition coefficient (Wildman–Crippen LogP) is 3.17. The molecule has 1 aliphatic rings. The highest BCUT2D eigenvalue weighted by molar-refractivity contribution is 7.17. The van der Waals surface area contributed by atoms with Crippen LogP contribution in [0.5, 0.6) is 0 Å². The van der Waals surface area contributed by atoms with E-state index in [2.05, 4.69) is 4.98 Å². The molecule has 0 spiro atoms. The highest BCUT2D eigenvalue weighted by atomic mass is 32.1. The molecule has 86 valence electrons. The molecule has 0 N–H and O–H groups in total. The minimum absolute atomic E-state index is 0.0625. The summed E-state index contributed by atoms with van der Waals surface area (Å²) in [7, 11) is 0. The number of carbonyl (C=O) groups is 1. The number of rotatable bonds is 2. The summed E-state index contributed by atoms with van der Waals surface area (Å²) in [6.45, 7) is 0.631. The van der Waals surface area contributed by atoms with Gasteiger partial charge in [0, 0.05) is 11.8 Å². The second kappa shape index (κ2) is 4.30. The number of hydrogen-bond donors (Lipinski definition) is 0. The molecule has 0 saturated carbocycles. The Balaban J connectivity index is 1.97. The third-order valence-electron chi connectivity index (χ3n) is 2.72. The van der Waals surface area contributed by atoms with Gasteiger partial charge in [0.25, 0.3) is 0 Å². The SMILES string of the molecule is O=C(C1=CCCCO1)c1cnc2ccsc2c1. The van der Waals surface area contributed by atoms with E-state index >= 15 is 0 Å². The molecule has 0 bridgehead atoms. The molecule has 0 aliphatic carbocycles. The van der Waals surface area contributed by atoms with Gasteiger partial charge >= 0.3 is 0 Å². The molecule has 0 radical (unpaired) electrons. The standard InChI is InChI=1S/C13H11NO2S/c15-13(11-3-1-2-5-16-11)9-7-12-10(14-8-9)4-6-17-12/h3-4,6-8H,1-2,5H2. The molecule has 4 heteroatoms. The second-order valence-corrected chi connectivity index (χ2v) is 4.86. The van der Waals surface area contributed by atoms with Crippen molar-refractivity contribution >= 4 is 27.3 Å². The van der Waals surface area contributed by atoms with Crippen LogP contribution in [-0.4, -0.2) is 17.4 Å². The molecule has 0 atom stereocenters. The Morgan fingerprint density at radius 1 is 1.47 bits per heavy atom. The maximum atomic E-state index is 12.1. The molecule has 0 fully saturated rings. The Kier molecular flexibility index (Phi) is 2.65. The zero-order valence-electron chi connectivity index (χ0n) is 9.18. The summed E-state index contributed by atoms with van der Waals surface area (Å²) < 4.78 is 6.41. The molecule has 0 aromatic carbocycles. The van der Waals surface area contributed by atoms with Gasteiger partial charge in [-0.3, -0.25) is 9.78 Å². The average Bonchev–Trinajstić information content (AvgIpc) is 2.86. The third-order valence-corrected chi connectivity index (χ3v) is 3.58. The number of fused-ring (bicyclic) bond motifs is 1. The maximum absolute atomic E-state index is 12.1. The summed E-state index contributed by atoms with van der Waals surface area (Å²) >= 11 is 1.59. The topological polar surface area (TPSA) is 39.2 Å². The Labute approximate surface area is 103 Å². The van der Waals surface area contributed by atoms with E-state index in [1.54, 1.807) is 17.5 Å². The van der Waals surface area contributed by atoms with Gasteiger partial charge < -0.3 is 4.74 Å². The van der Waals surface area contributed by atoms with Crippen LogP contribution in [0.25, 0.3) is 10.2 Å². The molecule has 17 heavy (non-hydrogen) atoms. The number of ether oxygens (including phenoxy) is 1. The molecular weight excluding hydrogens is 234 g/mol. The summed E-state index contributed by atoms with van der Waals surface area (Å²) in [5.41, 5.74) is 1.54. The van der Waals surface area contributed by atoms with Crippen molar-refractivity contribution in [3.8, 4) is 0 Å². The third kappa shape index (κ3) is 1.96. The number of hydrogen-bond acceptors (Lipinski definition) is 4. The summed E-state index contributed by atoms with van der Waals surface area (Å²) in [5.74, 6) is 0.404. The van der Waals surface area contributed by atoms with Gasteiger partial charge in [-0.05, 0) is 36.4 Å². The fourth-order valence-corrected chi connectivity index (χ4v) is 2.61.